The zero-order valence-electron chi connectivity index (χ0n) is 27.0. The molecule has 2 N–H and O–H groups in total. The number of nitrogens with zero attached hydrogens (tertiary/aromatic N) is 1. The highest BCUT2D eigenvalue weighted by Gasteiger charge is 2.37. The van der Waals surface area contributed by atoms with Crippen LogP contribution in [-0.2, 0) is 29.0 Å². The largest absolute Gasteiger partial charge is 0.493 e. The maximum absolute atomic E-state index is 13.8. The maximum atomic E-state index is 13.8. The third-order valence-electron chi connectivity index (χ3n) is 8.53. The van der Waals surface area contributed by atoms with Crippen LogP contribution >= 0.6 is 11.6 Å². The van der Waals surface area contributed by atoms with E-state index in [1.165, 1.54) is 18.2 Å². The van der Waals surface area contributed by atoms with Gasteiger partial charge in [-0.05, 0) is 71.3 Å². The van der Waals surface area contributed by atoms with E-state index in [-0.39, 0.29) is 31.2 Å². The van der Waals surface area contributed by atoms with Crippen molar-refractivity contribution < 1.29 is 36.2 Å². The molecule has 0 aliphatic carbocycles. The summed E-state index contributed by atoms with van der Waals surface area (Å²) in [6.45, 7) is -0.0313. The number of hydrogen-bond donors (Lipinski definition) is 2. The molecule has 0 amide bonds. The molecule has 12 heteroatoms. The van der Waals surface area contributed by atoms with Crippen molar-refractivity contribution in [2.45, 2.75) is 30.0 Å². The number of carbonyl (C=O) groups is 1. The molecule has 262 valence electrons. The van der Waals surface area contributed by atoms with Crippen molar-refractivity contribution in [2.75, 3.05) is 13.2 Å². The van der Waals surface area contributed by atoms with Gasteiger partial charge in [0, 0.05) is 41.0 Å². The lowest BCUT2D eigenvalue weighted by Gasteiger charge is -2.25. The second kappa shape index (κ2) is 15.0. The van der Waals surface area contributed by atoms with Crippen LogP contribution in [0, 0.1) is 0 Å². The molecule has 0 unspecified atom stereocenters. The molecular formula is C39H32ClF3N2O5S. The van der Waals surface area contributed by atoms with Gasteiger partial charge < -0.3 is 14.4 Å². The van der Waals surface area contributed by atoms with Gasteiger partial charge in [-0.1, -0.05) is 84.4 Å². The minimum absolute atomic E-state index is 0.110. The summed E-state index contributed by atoms with van der Waals surface area (Å²) < 4.78 is 78.6. The van der Waals surface area contributed by atoms with Gasteiger partial charge in [0.05, 0.1) is 28.7 Å². The number of benzene rings is 5. The van der Waals surface area contributed by atoms with Crippen molar-refractivity contribution in [3.8, 4) is 5.75 Å². The topological polar surface area (TPSA) is 97.6 Å². The Morgan fingerprint density at radius 1 is 0.824 bits per heavy atom. The van der Waals surface area contributed by atoms with E-state index in [0.29, 0.717) is 17.2 Å². The number of carboxylic acid groups (broad SMARTS) is 1. The SMILES string of the molecule is O=C(O)c1ccc(OCCc2c(CCNS(=O)(=O)c3ccccc3C(F)(F)F)n(C(c3ccccc3)c3ccccc3)c3ccc(Cl)cc23)cc1. The number of aromatic carboxylic acids is 1. The number of ether oxygens (including phenoxy) is 1. The number of aromatic nitrogens is 1. The average molecular weight is 733 g/mol. The highest BCUT2D eigenvalue weighted by Crippen LogP contribution is 2.38. The normalized spacial score (nSPS) is 12.0. The van der Waals surface area contributed by atoms with E-state index in [9.17, 15) is 31.5 Å². The van der Waals surface area contributed by atoms with Crippen LogP contribution < -0.4 is 9.46 Å². The first kappa shape index (κ1) is 35.7. The van der Waals surface area contributed by atoms with Gasteiger partial charge in [0.15, 0.2) is 0 Å². The zero-order chi connectivity index (χ0) is 36.2. The van der Waals surface area contributed by atoms with E-state index in [4.69, 9.17) is 16.3 Å². The number of sulfonamides is 1. The van der Waals surface area contributed by atoms with Crippen molar-refractivity contribution in [2.24, 2.45) is 0 Å². The Bertz CT molecular complexity index is 2220. The second-order valence-electron chi connectivity index (χ2n) is 11.8. The number of halogens is 4. The van der Waals surface area contributed by atoms with E-state index >= 15 is 0 Å². The molecule has 0 saturated heterocycles. The third-order valence-corrected chi connectivity index (χ3v) is 10.3. The summed E-state index contributed by atoms with van der Waals surface area (Å²) in [5, 5.41) is 10.5. The molecule has 5 aromatic carbocycles. The lowest BCUT2D eigenvalue weighted by atomic mass is 9.97. The molecule has 0 atom stereocenters. The third kappa shape index (κ3) is 7.96. The summed E-state index contributed by atoms with van der Waals surface area (Å²) in [7, 11) is -4.56. The van der Waals surface area contributed by atoms with Crippen molar-refractivity contribution in [3.05, 3.63) is 166 Å². The quantitative estimate of drug-likeness (QED) is 0.124. The molecule has 1 heterocycles. The Morgan fingerprint density at radius 2 is 1.43 bits per heavy atom. The Labute approximate surface area is 297 Å². The second-order valence-corrected chi connectivity index (χ2v) is 13.9. The lowest BCUT2D eigenvalue weighted by molar-refractivity contribution is -0.139. The van der Waals surface area contributed by atoms with E-state index in [2.05, 4.69) is 9.29 Å². The van der Waals surface area contributed by atoms with Crippen LogP contribution in [-0.4, -0.2) is 37.2 Å². The van der Waals surface area contributed by atoms with Crippen molar-refractivity contribution in [1.29, 1.82) is 0 Å². The summed E-state index contributed by atoms with van der Waals surface area (Å²) in [6.07, 6.45) is -4.41. The monoisotopic (exact) mass is 732 g/mol. The standard InChI is InChI=1S/C39H32ClF3N2O5S/c40-29-17-20-34-32(25-29)31(22-24-50-30-18-15-28(16-19-30)38(46)47)35(21-23-44-51(48,49)36-14-8-7-13-33(36)39(41,42)43)45(34)37(26-9-3-1-4-10-26)27-11-5-2-6-12-27/h1-20,25,37,44H,21-24H2,(H,46,47). The van der Waals surface area contributed by atoms with Gasteiger partial charge in [-0.25, -0.2) is 17.9 Å². The van der Waals surface area contributed by atoms with Gasteiger partial charge in [-0.2, -0.15) is 13.2 Å². The molecule has 7 nitrogen and oxygen atoms in total. The summed E-state index contributed by atoms with van der Waals surface area (Å²) in [5.74, 6) is -0.592. The number of rotatable bonds is 13. The molecular weight excluding hydrogens is 701 g/mol. The van der Waals surface area contributed by atoms with E-state index < -0.39 is 32.6 Å². The zero-order valence-corrected chi connectivity index (χ0v) is 28.6. The number of hydrogen-bond acceptors (Lipinski definition) is 4. The predicted octanol–water partition coefficient (Wildman–Crippen LogP) is 8.79. The minimum Gasteiger partial charge on any atom is -0.493 e. The molecule has 0 radical (unpaired) electrons. The van der Waals surface area contributed by atoms with Crippen LogP contribution in [0.3, 0.4) is 0 Å². The Kier molecular flexibility index (Phi) is 10.5. The molecule has 0 saturated carbocycles. The number of carboxylic acids is 1. The summed E-state index contributed by atoms with van der Waals surface area (Å²) in [5.41, 5.74) is 3.16. The molecule has 6 rings (SSSR count). The molecule has 6 aromatic rings. The van der Waals surface area contributed by atoms with E-state index in [0.717, 1.165) is 51.5 Å². The van der Waals surface area contributed by atoms with Crippen LogP contribution in [0.15, 0.2) is 132 Å². The first-order valence-corrected chi connectivity index (χ1v) is 17.8. The molecule has 0 aliphatic heterocycles. The van der Waals surface area contributed by atoms with E-state index in [1.54, 1.807) is 18.2 Å². The molecule has 0 fully saturated rings. The molecule has 0 spiro atoms. The van der Waals surface area contributed by atoms with Gasteiger partial charge in [0.2, 0.25) is 10.0 Å². The van der Waals surface area contributed by atoms with Gasteiger partial charge in [-0.3, -0.25) is 0 Å². The molecule has 51 heavy (non-hydrogen) atoms. The van der Waals surface area contributed by atoms with Gasteiger partial charge in [0.25, 0.3) is 0 Å². The number of nitrogens with one attached hydrogen (secondary N) is 1. The van der Waals surface area contributed by atoms with Crippen LogP contribution in [0.5, 0.6) is 5.75 Å². The first-order chi connectivity index (χ1) is 24.4. The summed E-state index contributed by atoms with van der Waals surface area (Å²) in [6, 6.07) is 34.8. The fourth-order valence-electron chi connectivity index (χ4n) is 6.29. The van der Waals surface area contributed by atoms with Crippen LogP contribution in [0.25, 0.3) is 10.9 Å². The highest BCUT2D eigenvalue weighted by molar-refractivity contribution is 7.89. The van der Waals surface area contributed by atoms with Gasteiger partial charge >= 0.3 is 12.1 Å². The van der Waals surface area contributed by atoms with Crippen molar-refractivity contribution in [3.63, 3.8) is 0 Å². The van der Waals surface area contributed by atoms with Crippen LogP contribution in [0.2, 0.25) is 5.02 Å². The van der Waals surface area contributed by atoms with Gasteiger partial charge in [-0.15, -0.1) is 0 Å². The molecule has 0 aliphatic rings. The summed E-state index contributed by atoms with van der Waals surface area (Å²) >= 11 is 6.55. The fourth-order valence-corrected chi connectivity index (χ4v) is 7.72. The molecule has 0 bridgehead atoms. The number of alkyl halides is 3. The van der Waals surface area contributed by atoms with E-state index in [1.807, 2.05) is 72.8 Å². The number of fused-ring (bicyclic) bond motifs is 1. The summed E-state index contributed by atoms with van der Waals surface area (Å²) in [4.78, 5) is 10.5. The fraction of sp³-hybridized carbons (Fsp3) is 0.154. The first-order valence-electron chi connectivity index (χ1n) is 16.0. The predicted molar refractivity (Wildman–Crippen MR) is 190 cm³/mol. The van der Waals surface area contributed by atoms with Crippen LogP contribution in [0.1, 0.15) is 44.3 Å². The highest BCUT2D eigenvalue weighted by atomic mass is 35.5. The lowest BCUT2D eigenvalue weighted by Crippen LogP contribution is -2.29. The Hall–Kier alpha value is -5.10. The average Bonchev–Trinajstić information content (AvgIpc) is 3.40. The van der Waals surface area contributed by atoms with Gasteiger partial charge in [0.1, 0.15) is 5.75 Å². The van der Waals surface area contributed by atoms with Crippen molar-refractivity contribution in [1.82, 2.24) is 9.29 Å². The van der Waals surface area contributed by atoms with Crippen LogP contribution in [0.4, 0.5) is 13.2 Å². The smallest absolute Gasteiger partial charge is 0.417 e. The Morgan fingerprint density at radius 3 is 2.04 bits per heavy atom. The maximum Gasteiger partial charge on any atom is 0.417 e. The molecule has 1 aromatic heterocycles. The van der Waals surface area contributed by atoms with Crippen molar-refractivity contribution >= 4 is 38.5 Å². The minimum atomic E-state index is -4.86. The Balaban J connectivity index is 1.44.